The van der Waals surface area contributed by atoms with Gasteiger partial charge in [-0.3, -0.25) is 9.69 Å². The van der Waals surface area contributed by atoms with Crippen molar-refractivity contribution in [3.63, 3.8) is 0 Å². The molecule has 1 aliphatic heterocycles. The Morgan fingerprint density at radius 1 is 1.45 bits per heavy atom. The van der Waals surface area contributed by atoms with Crippen molar-refractivity contribution in [1.82, 2.24) is 14.8 Å². The van der Waals surface area contributed by atoms with Gasteiger partial charge in [-0.25, -0.2) is 4.98 Å². The predicted octanol–water partition coefficient (Wildman–Crippen LogP) is 1.68. The Bertz CT molecular complexity index is 442. The largest absolute Gasteiger partial charge is 0.373 e. The van der Waals surface area contributed by atoms with Crippen LogP contribution in [0.1, 0.15) is 30.6 Å². The van der Waals surface area contributed by atoms with E-state index >= 15 is 0 Å². The van der Waals surface area contributed by atoms with E-state index in [0.717, 1.165) is 38.4 Å². The van der Waals surface area contributed by atoms with Crippen LogP contribution in [0.2, 0.25) is 0 Å². The summed E-state index contributed by atoms with van der Waals surface area (Å²) in [5.74, 6) is 0.874. The van der Waals surface area contributed by atoms with Crippen LogP contribution in [-0.4, -0.2) is 60.0 Å². The van der Waals surface area contributed by atoms with Gasteiger partial charge in [0, 0.05) is 32.4 Å². The molecule has 2 heterocycles. The van der Waals surface area contributed by atoms with Gasteiger partial charge in [0.2, 0.25) is 0 Å². The summed E-state index contributed by atoms with van der Waals surface area (Å²) in [6, 6.07) is 4.18. The van der Waals surface area contributed by atoms with Gasteiger partial charge in [-0.1, -0.05) is 13.8 Å². The zero-order chi connectivity index (χ0) is 14.5. The Kier molecular flexibility index (Phi) is 4.95. The highest BCUT2D eigenvalue weighted by Gasteiger charge is 2.29. The first kappa shape index (κ1) is 14.8. The van der Waals surface area contributed by atoms with Crippen molar-refractivity contribution in [1.29, 1.82) is 0 Å². The number of likely N-dealkylation sites (tertiary alicyclic amines) is 1. The van der Waals surface area contributed by atoms with Gasteiger partial charge in [0.1, 0.15) is 5.82 Å². The number of amides is 1. The summed E-state index contributed by atoms with van der Waals surface area (Å²) in [4.78, 5) is 21.0. The number of likely N-dealkylation sites (N-methyl/N-ethyl adjacent to an activating group) is 1. The third-order valence-corrected chi connectivity index (χ3v) is 4.05. The molecule has 0 spiro atoms. The summed E-state index contributed by atoms with van der Waals surface area (Å²) in [6.45, 7) is 8.11. The SMILES string of the molecule is CCN(CC)C1CCN(C(=O)c2ccc(NC)nc2)C1. The molecule has 1 aromatic heterocycles. The maximum absolute atomic E-state index is 12.4. The van der Waals surface area contributed by atoms with Crippen molar-refractivity contribution in [3.8, 4) is 0 Å². The highest BCUT2D eigenvalue weighted by atomic mass is 16.2. The molecule has 1 atom stereocenters. The Morgan fingerprint density at radius 3 is 2.75 bits per heavy atom. The quantitative estimate of drug-likeness (QED) is 0.889. The van der Waals surface area contributed by atoms with Crippen LogP contribution in [0.4, 0.5) is 5.82 Å². The molecule has 2 rings (SSSR count). The minimum atomic E-state index is 0.0924. The number of carbonyl (C=O) groups is 1. The van der Waals surface area contributed by atoms with Crippen LogP contribution >= 0.6 is 0 Å². The van der Waals surface area contributed by atoms with Gasteiger partial charge in [-0.2, -0.15) is 0 Å². The average Bonchev–Trinajstić information content (AvgIpc) is 2.97. The fourth-order valence-corrected chi connectivity index (χ4v) is 2.82. The summed E-state index contributed by atoms with van der Waals surface area (Å²) in [5.41, 5.74) is 0.671. The van der Waals surface area contributed by atoms with Crippen molar-refractivity contribution >= 4 is 11.7 Å². The Balaban J connectivity index is 2.00. The van der Waals surface area contributed by atoms with E-state index in [1.165, 1.54) is 0 Å². The first-order valence-electron chi connectivity index (χ1n) is 7.36. The number of hydrogen-bond acceptors (Lipinski definition) is 4. The molecule has 1 aliphatic rings. The molecule has 110 valence electrons. The molecular weight excluding hydrogens is 252 g/mol. The number of nitrogens with zero attached hydrogens (tertiary/aromatic N) is 3. The van der Waals surface area contributed by atoms with E-state index in [1.54, 1.807) is 6.20 Å². The van der Waals surface area contributed by atoms with Crippen molar-refractivity contribution in [3.05, 3.63) is 23.9 Å². The lowest BCUT2D eigenvalue weighted by Crippen LogP contribution is -2.38. The summed E-state index contributed by atoms with van der Waals surface area (Å²) < 4.78 is 0. The number of rotatable bonds is 5. The second-order valence-electron chi connectivity index (χ2n) is 5.10. The summed E-state index contributed by atoms with van der Waals surface area (Å²) in [6.07, 6.45) is 2.72. The number of pyridine rings is 1. The van der Waals surface area contributed by atoms with E-state index in [1.807, 2.05) is 24.1 Å². The molecule has 1 fully saturated rings. The molecule has 5 nitrogen and oxygen atoms in total. The van der Waals surface area contributed by atoms with E-state index in [2.05, 4.69) is 29.0 Å². The minimum Gasteiger partial charge on any atom is -0.373 e. The van der Waals surface area contributed by atoms with Gasteiger partial charge in [0.05, 0.1) is 5.56 Å². The van der Waals surface area contributed by atoms with E-state index in [9.17, 15) is 4.79 Å². The van der Waals surface area contributed by atoms with Gasteiger partial charge in [0.15, 0.2) is 0 Å². The number of carbonyl (C=O) groups excluding carboxylic acids is 1. The lowest BCUT2D eigenvalue weighted by molar-refractivity contribution is 0.0777. The van der Waals surface area contributed by atoms with Gasteiger partial charge >= 0.3 is 0 Å². The molecule has 0 aromatic carbocycles. The van der Waals surface area contributed by atoms with Crippen LogP contribution in [0, 0.1) is 0 Å². The number of anilines is 1. The van der Waals surface area contributed by atoms with Crippen molar-refractivity contribution in [2.75, 3.05) is 38.5 Å². The third-order valence-electron chi connectivity index (χ3n) is 4.05. The first-order chi connectivity index (χ1) is 9.69. The van der Waals surface area contributed by atoms with E-state index in [4.69, 9.17) is 0 Å². The lowest BCUT2D eigenvalue weighted by atomic mass is 10.2. The summed E-state index contributed by atoms with van der Waals surface area (Å²) in [7, 11) is 1.82. The highest BCUT2D eigenvalue weighted by molar-refractivity contribution is 5.94. The van der Waals surface area contributed by atoms with Crippen LogP contribution in [0.5, 0.6) is 0 Å². The minimum absolute atomic E-state index is 0.0924. The molecule has 0 saturated carbocycles. The molecule has 1 unspecified atom stereocenters. The number of hydrogen-bond donors (Lipinski definition) is 1. The summed E-state index contributed by atoms with van der Waals surface area (Å²) in [5, 5.41) is 2.96. The zero-order valence-electron chi connectivity index (χ0n) is 12.6. The Hall–Kier alpha value is -1.62. The zero-order valence-corrected chi connectivity index (χ0v) is 12.6. The molecule has 1 saturated heterocycles. The summed E-state index contributed by atoms with van der Waals surface area (Å²) >= 11 is 0. The van der Waals surface area contributed by atoms with Crippen LogP contribution in [0.3, 0.4) is 0 Å². The number of nitrogens with one attached hydrogen (secondary N) is 1. The fourth-order valence-electron chi connectivity index (χ4n) is 2.82. The molecule has 0 radical (unpaired) electrons. The molecule has 0 bridgehead atoms. The fraction of sp³-hybridized carbons (Fsp3) is 0.600. The molecule has 1 aromatic rings. The van der Waals surface area contributed by atoms with Crippen molar-refractivity contribution in [2.45, 2.75) is 26.3 Å². The number of aromatic nitrogens is 1. The second-order valence-corrected chi connectivity index (χ2v) is 5.10. The van der Waals surface area contributed by atoms with E-state index in [-0.39, 0.29) is 5.91 Å². The van der Waals surface area contributed by atoms with Crippen LogP contribution in [0.25, 0.3) is 0 Å². The van der Waals surface area contributed by atoms with Gasteiger partial charge < -0.3 is 10.2 Å². The predicted molar refractivity (Wildman–Crippen MR) is 81.0 cm³/mol. The first-order valence-corrected chi connectivity index (χ1v) is 7.36. The van der Waals surface area contributed by atoms with Gasteiger partial charge in [-0.15, -0.1) is 0 Å². The Morgan fingerprint density at radius 2 is 2.20 bits per heavy atom. The molecule has 1 amide bonds. The smallest absolute Gasteiger partial charge is 0.255 e. The van der Waals surface area contributed by atoms with Gasteiger partial charge in [0.25, 0.3) is 5.91 Å². The maximum atomic E-state index is 12.4. The van der Waals surface area contributed by atoms with Crippen molar-refractivity contribution in [2.24, 2.45) is 0 Å². The normalized spacial score (nSPS) is 18.6. The standard InChI is InChI=1S/C15H24N4O/c1-4-18(5-2)13-8-9-19(11-13)15(20)12-6-7-14(16-3)17-10-12/h6-7,10,13H,4-5,8-9,11H2,1-3H3,(H,16,17). The molecule has 20 heavy (non-hydrogen) atoms. The van der Waals surface area contributed by atoms with E-state index in [0.29, 0.717) is 11.6 Å². The molecule has 5 heteroatoms. The van der Waals surface area contributed by atoms with E-state index < -0.39 is 0 Å². The van der Waals surface area contributed by atoms with Crippen LogP contribution in [-0.2, 0) is 0 Å². The van der Waals surface area contributed by atoms with Crippen molar-refractivity contribution < 1.29 is 4.79 Å². The molecule has 1 N–H and O–H groups in total. The van der Waals surface area contributed by atoms with Gasteiger partial charge in [-0.05, 0) is 31.6 Å². The monoisotopic (exact) mass is 276 g/mol. The molecular formula is C15H24N4O. The average molecular weight is 276 g/mol. The lowest BCUT2D eigenvalue weighted by Gasteiger charge is -2.26. The van der Waals surface area contributed by atoms with Crippen LogP contribution < -0.4 is 5.32 Å². The maximum Gasteiger partial charge on any atom is 0.255 e. The second kappa shape index (κ2) is 6.70. The topological polar surface area (TPSA) is 48.5 Å². The van der Waals surface area contributed by atoms with Crippen LogP contribution in [0.15, 0.2) is 18.3 Å². The molecule has 0 aliphatic carbocycles. The third kappa shape index (κ3) is 3.10. The Labute approximate surface area is 121 Å². The highest BCUT2D eigenvalue weighted by Crippen LogP contribution is 2.18.